The molecule has 0 amide bonds. The lowest BCUT2D eigenvalue weighted by atomic mass is 9.97. The summed E-state index contributed by atoms with van der Waals surface area (Å²) in [5.74, 6) is 1.32. The molecule has 0 radical (unpaired) electrons. The fourth-order valence-electron chi connectivity index (χ4n) is 0.611. The summed E-state index contributed by atoms with van der Waals surface area (Å²) < 4.78 is 5.33. The molecule has 1 aromatic rings. The number of halogens is 1. The molecule has 0 saturated heterocycles. The van der Waals surface area contributed by atoms with Crippen molar-refractivity contribution in [2.45, 2.75) is 31.5 Å². The van der Waals surface area contributed by atoms with E-state index in [1.807, 2.05) is 20.8 Å². The Morgan fingerprint density at radius 2 is 2.00 bits per heavy atom. The van der Waals surface area contributed by atoms with Gasteiger partial charge >= 0.3 is 0 Å². The highest BCUT2D eigenvalue weighted by atomic mass is 79.9. The van der Waals surface area contributed by atoms with Crippen LogP contribution in [0.25, 0.3) is 0 Å². The number of nitrogens with zero attached hydrogens (tertiary/aromatic N) is 2. The van der Waals surface area contributed by atoms with E-state index in [1.165, 1.54) is 0 Å². The van der Waals surface area contributed by atoms with Crippen LogP contribution in [0.2, 0.25) is 0 Å². The topological polar surface area (TPSA) is 38.9 Å². The van der Waals surface area contributed by atoms with Crippen molar-refractivity contribution in [3.63, 3.8) is 0 Å². The minimum Gasteiger partial charge on any atom is -0.424 e. The molecule has 0 aliphatic heterocycles. The van der Waals surface area contributed by atoms with Gasteiger partial charge in [0.25, 0.3) is 0 Å². The zero-order chi connectivity index (χ0) is 8.48. The van der Waals surface area contributed by atoms with Gasteiger partial charge in [-0.1, -0.05) is 36.7 Å². The second-order valence-electron chi connectivity index (χ2n) is 3.38. The Balaban J connectivity index is 2.89. The van der Waals surface area contributed by atoms with E-state index in [1.54, 1.807) is 0 Å². The van der Waals surface area contributed by atoms with E-state index in [2.05, 4.69) is 26.1 Å². The predicted molar refractivity (Wildman–Crippen MR) is 45.6 cm³/mol. The Hall–Kier alpha value is -0.380. The van der Waals surface area contributed by atoms with Crippen LogP contribution in [0.15, 0.2) is 4.42 Å². The number of aromatic nitrogens is 2. The van der Waals surface area contributed by atoms with E-state index < -0.39 is 0 Å². The first-order valence-electron chi connectivity index (χ1n) is 3.43. The van der Waals surface area contributed by atoms with Crippen LogP contribution in [0, 0.1) is 0 Å². The van der Waals surface area contributed by atoms with Crippen LogP contribution in [-0.4, -0.2) is 10.2 Å². The molecule has 3 nitrogen and oxygen atoms in total. The fraction of sp³-hybridized carbons (Fsp3) is 0.714. The van der Waals surface area contributed by atoms with Crippen LogP contribution in [0.3, 0.4) is 0 Å². The van der Waals surface area contributed by atoms with Gasteiger partial charge in [0, 0.05) is 5.41 Å². The van der Waals surface area contributed by atoms with Crippen molar-refractivity contribution in [1.29, 1.82) is 0 Å². The van der Waals surface area contributed by atoms with E-state index in [9.17, 15) is 0 Å². The van der Waals surface area contributed by atoms with Crippen LogP contribution < -0.4 is 0 Å². The molecule has 0 bridgehead atoms. The summed E-state index contributed by atoms with van der Waals surface area (Å²) in [6.45, 7) is 6.12. The maximum atomic E-state index is 5.33. The van der Waals surface area contributed by atoms with Crippen molar-refractivity contribution in [2.24, 2.45) is 0 Å². The second kappa shape index (κ2) is 2.93. The lowest BCUT2D eigenvalue weighted by Gasteiger charge is -2.10. The van der Waals surface area contributed by atoms with Gasteiger partial charge in [0.2, 0.25) is 11.8 Å². The molecule has 0 spiro atoms. The highest BCUT2D eigenvalue weighted by Gasteiger charge is 2.20. The molecule has 0 aliphatic carbocycles. The smallest absolute Gasteiger partial charge is 0.227 e. The summed E-state index contributed by atoms with van der Waals surface area (Å²) >= 11 is 3.24. The zero-order valence-corrected chi connectivity index (χ0v) is 8.47. The lowest BCUT2D eigenvalue weighted by molar-refractivity contribution is 0.379. The summed E-state index contributed by atoms with van der Waals surface area (Å²) in [4.78, 5) is 0. The summed E-state index contributed by atoms with van der Waals surface area (Å²) in [7, 11) is 0. The minimum atomic E-state index is -0.0482. The quantitative estimate of drug-likeness (QED) is 0.680. The summed E-state index contributed by atoms with van der Waals surface area (Å²) in [6.07, 6.45) is 0. The molecular weight excluding hydrogens is 208 g/mol. The minimum absolute atomic E-state index is 0.0482. The van der Waals surface area contributed by atoms with Crippen molar-refractivity contribution in [3.05, 3.63) is 11.8 Å². The van der Waals surface area contributed by atoms with Gasteiger partial charge in [0.05, 0.1) is 5.33 Å². The van der Waals surface area contributed by atoms with Gasteiger partial charge < -0.3 is 4.42 Å². The second-order valence-corrected chi connectivity index (χ2v) is 3.95. The molecule has 0 saturated carbocycles. The summed E-state index contributed by atoms with van der Waals surface area (Å²) in [5, 5.41) is 8.37. The first-order valence-corrected chi connectivity index (χ1v) is 4.55. The highest BCUT2D eigenvalue weighted by Crippen LogP contribution is 2.20. The van der Waals surface area contributed by atoms with Gasteiger partial charge in [-0.25, -0.2) is 0 Å². The Bertz CT molecular complexity index is 239. The number of rotatable bonds is 1. The van der Waals surface area contributed by atoms with E-state index in [4.69, 9.17) is 4.42 Å². The van der Waals surface area contributed by atoms with Crippen LogP contribution >= 0.6 is 15.9 Å². The largest absolute Gasteiger partial charge is 0.424 e. The van der Waals surface area contributed by atoms with Crippen molar-refractivity contribution < 1.29 is 4.42 Å². The first-order chi connectivity index (χ1) is 5.04. The molecule has 0 fully saturated rings. The zero-order valence-electron chi connectivity index (χ0n) is 6.89. The Kier molecular flexibility index (Phi) is 2.32. The first kappa shape index (κ1) is 8.71. The standard InChI is InChI=1S/C7H11BrN2O/c1-7(2,3)6-10-9-5(4-8)11-6/h4H2,1-3H3. The molecule has 0 aliphatic rings. The van der Waals surface area contributed by atoms with Gasteiger partial charge in [-0.15, -0.1) is 10.2 Å². The molecule has 0 N–H and O–H groups in total. The van der Waals surface area contributed by atoms with Gasteiger partial charge in [0.15, 0.2) is 0 Å². The molecule has 1 rings (SSSR count). The average Bonchev–Trinajstić information content (AvgIpc) is 2.32. The van der Waals surface area contributed by atoms with Crippen molar-refractivity contribution in [3.8, 4) is 0 Å². The van der Waals surface area contributed by atoms with Crippen molar-refractivity contribution in [2.75, 3.05) is 0 Å². The van der Waals surface area contributed by atoms with Gasteiger partial charge in [0.1, 0.15) is 0 Å². The third-order valence-corrected chi connectivity index (χ3v) is 1.70. The van der Waals surface area contributed by atoms with E-state index >= 15 is 0 Å². The average molecular weight is 219 g/mol. The molecule has 0 aromatic carbocycles. The molecule has 1 heterocycles. The van der Waals surface area contributed by atoms with Gasteiger partial charge in [-0.3, -0.25) is 0 Å². The van der Waals surface area contributed by atoms with Gasteiger partial charge in [-0.05, 0) is 0 Å². The lowest BCUT2D eigenvalue weighted by Crippen LogP contribution is -2.11. The Morgan fingerprint density at radius 3 is 2.27 bits per heavy atom. The van der Waals surface area contributed by atoms with Crippen LogP contribution in [0.4, 0.5) is 0 Å². The number of hydrogen-bond donors (Lipinski definition) is 0. The molecule has 11 heavy (non-hydrogen) atoms. The van der Waals surface area contributed by atoms with E-state index in [0.29, 0.717) is 17.1 Å². The predicted octanol–water partition coefficient (Wildman–Crippen LogP) is 2.26. The molecule has 1 aromatic heterocycles. The Morgan fingerprint density at radius 1 is 1.36 bits per heavy atom. The summed E-state index contributed by atoms with van der Waals surface area (Å²) in [6, 6.07) is 0. The van der Waals surface area contributed by atoms with Crippen molar-refractivity contribution >= 4 is 15.9 Å². The third kappa shape index (κ3) is 2.02. The normalized spacial score (nSPS) is 12.0. The van der Waals surface area contributed by atoms with Crippen LogP contribution in [0.1, 0.15) is 32.6 Å². The highest BCUT2D eigenvalue weighted by molar-refractivity contribution is 9.08. The molecular formula is C7H11BrN2O. The monoisotopic (exact) mass is 218 g/mol. The fourth-order valence-corrected chi connectivity index (χ4v) is 0.837. The van der Waals surface area contributed by atoms with Gasteiger partial charge in [-0.2, -0.15) is 0 Å². The maximum absolute atomic E-state index is 5.33. The number of hydrogen-bond acceptors (Lipinski definition) is 3. The Labute approximate surface area is 74.3 Å². The molecule has 0 atom stereocenters. The summed E-state index contributed by atoms with van der Waals surface area (Å²) in [5.41, 5.74) is -0.0482. The molecule has 62 valence electrons. The van der Waals surface area contributed by atoms with Crippen LogP contribution in [0.5, 0.6) is 0 Å². The molecule has 4 heteroatoms. The SMILES string of the molecule is CC(C)(C)c1nnc(CBr)o1. The van der Waals surface area contributed by atoms with Crippen LogP contribution in [-0.2, 0) is 10.7 Å². The third-order valence-electron chi connectivity index (χ3n) is 1.22. The van der Waals surface area contributed by atoms with E-state index in [0.717, 1.165) is 0 Å². The number of alkyl halides is 1. The van der Waals surface area contributed by atoms with E-state index in [-0.39, 0.29) is 5.41 Å². The maximum Gasteiger partial charge on any atom is 0.227 e. The molecule has 0 unspecified atom stereocenters. The van der Waals surface area contributed by atoms with Crippen molar-refractivity contribution in [1.82, 2.24) is 10.2 Å².